The lowest BCUT2D eigenvalue weighted by Crippen LogP contribution is -2.47. The van der Waals surface area contributed by atoms with Gasteiger partial charge in [0.2, 0.25) is 12.1 Å². The lowest BCUT2D eigenvalue weighted by atomic mass is 9.79. The number of carbonyl (C=O) groups excluding carboxylic acids is 1. The summed E-state index contributed by atoms with van der Waals surface area (Å²) in [5, 5.41) is 0. The van der Waals surface area contributed by atoms with E-state index < -0.39 is 65.4 Å². The number of carbonyl (C=O) groups is 1. The SMILES string of the molecule is COc1c([C@H]2[C@H](OC(=O)c3ccc(OC(F)(F)F)cc3)O[C@@](C)(C(F)(F)F)[C@H]2C)ccc(F)c1F. The van der Waals surface area contributed by atoms with E-state index in [0.717, 1.165) is 44.4 Å². The van der Waals surface area contributed by atoms with Gasteiger partial charge in [-0.25, -0.2) is 9.18 Å². The first-order valence-electron chi connectivity index (χ1n) is 9.92. The van der Waals surface area contributed by atoms with Crippen LogP contribution in [0.25, 0.3) is 0 Å². The lowest BCUT2D eigenvalue weighted by molar-refractivity contribution is -0.291. The smallest absolute Gasteiger partial charge is 0.493 e. The average Bonchev–Trinajstić information content (AvgIpc) is 3.00. The van der Waals surface area contributed by atoms with Gasteiger partial charge in [0, 0.05) is 11.5 Å². The van der Waals surface area contributed by atoms with Crippen LogP contribution in [0.4, 0.5) is 35.1 Å². The largest absolute Gasteiger partial charge is 0.573 e. The predicted octanol–water partition coefficient (Wildman–Crippen LogP) is 6.13. The molecule has 0 bridgehead atoms. The van der Waals surface area contributed by atoms with E-state index in [1.54, 1.807) is 0 Å². The van der Waals surface area contributed by atoms with Gasteiger partial charge in [0.05, 0.1) is 18.6 Å². The minimum atomic E-state index is -4.98. The van der Waals surface area contributed by atoms with Crippen LogP contribution in [0, 0.1) is 17.6 Å². The fourth-order valence-electron chi connectivity index (χ4n) is 3.82. The van der Waals surface area contributed by atoms with Crippen molar-refractivity contribution in [2.45, 2.75) is 44.2 Å². The summed E-state index contributed by atoms with van der Waals surface area (Å²) in [5.74, 6) is -8.27. The minimum Gasteiger partial charge on any atom is -0.493 e. The van der Waals surface area contributed by atoms with Crippen molar-refractivity contribution in [3.8, 4) is 11.5 Å². The van der Waals surface area contributed by atoms with Crippen LogP contribution in [-0.4, -0.2) is 37.5 Å². The van der Waals surface area contributed by atoms with Gasteiger partial charge in [-0.2, -0.15) is 17.6 Å². The molecule has 1 aliphatic rings. The lowest BCUT2D eigenvalue weighted by Gasteiger charge is -2.31. The highest BCUT2D eigenvalue weighted by atomic mass is 19.4. The summed E-state index contributed by atoms with van der Waals surface area (Å²) in [7, 11) is 0.983. The molecule has 0 spiro atoms. The number of alkyl halides is 6. The first-order valence-corrected chi connectivity index (χ1v) is 9.92. The van der Waals surface area contributed by atoms with Crippen LogP contribution in [-0.2, 0) is 9.47 Å². The highest BCUT2D eigenvalue weighted by molar-refractivity contribution is 5.89. The molecule has 2 aromatic carbocycles. The topological polar surface area (TPSA) is 54.0 Å². The van der Waals surface area contributed by atoms with Crippen molar-refractivity contribution >= 4 is 5.97 Å². The first-order chi connectivity index (χ1) is 16.1. The highest BCUT2D eigenvalue weighted by Gasteiger charge is 2.65. The molecule has 4 atom stereocenters. The molecule has 3 rings (SSSR count). The number of hydrogen-bond donors (Lipinski definition) is 0. The summed E-state index contributed by atoms with van der Waals surface area (Å²) in [4.78, 5) is 12.6. The molecular formula is C22H18F8O5. The van der Waals surface area contributed by atoms with Crippen molar-refractivity contribution in [1.29, 1.82) is 0 Å². The first kappa shape index (κ1) is 26.5. The van der Waals surface area contributed by atoms with Crippen molar-refractivity contribution in [2.75, 3.05) is 7.11 Å². The van der Waals surface area contributed by atoms with E-state index in [9.17, 15) is 39.9 Å². The zero-order valence-electron chi connectivity index (χ0n) is 18.3. The maximum atomic E-state index is 14.3. The second kappa shape index (κ2) is 9.17. The van der Waals surface area contributed by atoms with Crippen LogP contribution in [0.5, 0.6) is 11.5 Å². The zero-order chi connectivity index (χ0) is 26.3. The Kier molecular flexibility index (Phi) is 6.95. The van der Waals surface area contributed by atoms with E-state index in [2.05, 4.69) is 4.74 Å². The molecule has 5 nitrogen and oxygen atoms in total. The molecular weight excluding hydrogens is 496 g/mol. The molecule has 1 fully saturated rings. The molecule has 0 saturated carbocycles. The molecule has 1 aliphatic heterocycles. The molecule has 0 radical (unpaired) electrons. The van der Waals surface area contributed by atoms with Crippen LogP contribution in [0.15, 0.2) is 36.4 Å². The molecule has 192 valence electrons. The van der Waals surface area contributed by atoms with Gasteiger partial charge >= 0.3 is 18.5 Å². The maximum Gasteiger partial charge on any atom is 0.573 e. The van der Waals surface area contributed by atoms with Crippen LogP contribution in [0.2, 0.25) is 0 Å². The van der Waals surface area contributed by atoms with E-state index in [-0.39, 0.29) is 11.1 Å². The van der Waals surface area contributed by atoms with Crippen molar-refractivity contribution < 1.29 is 58.9 Å². The fraction of sp³-hybridized carbons (Fsp3) is 0.409. The van der Waals surface area contributed by atoms with E-state index in [0.29, 0.717) is 13.0 Å². The molecule has 0 N–H and O–H groups in total. The van der Waals surface area contributed by atoms with Crippen LogP contribution in [0.1, 0.15) is 35.7 Å². The molecule has 0 aromatic heterocycles. The Morgan fingerprint density at radius 2 is 1.60 bits per heavy atom. The van der Waals surface area contributed by atoms with Gasteiger partial charge in [-0.3, -0.25) is 0 Å². The number of rotatable bonds is 5. The van der Waals surface area contributed by atoms with Gasteiger partial charge < -0.3 is 18.9 Å². The van der Waals surface area contributed by atoms with Gasteiger partial charge in [0.15, 0.2) is 17.2 Å². The molecule has 0 amide bonds. The number of ether oxygens (including phenoxy) is 4. The van der Waals surface area contributed by atoms with E-state index in [1.807, 2.05) is 0 Å². The molecule has 13 heteroatoms. The number of hydrogen-bond acceptors (Lipinski definition) is 5. The average molecular weight is 514 g/mol. The molecule has 1 heterocycles. The Morgan fingerprint density at radius 3 is 2.11 bits per heavy atom. The normalized spacial score (nSPS) is 24.8. The Bertz CT molecular complexity index is 1080. The molecule has 35 heavy (non-hydrogen) atoms. The zero-order valence-corrected chi connectivity index (χ0v) is 18.3. The van der Waals surface area contributed by atoms with Gasteiger partial charge in [-0.05, 0) is 37.3 Å². The van der Waals surface area contributed by atoms with Gasteiger partial charge in [0.25, 0.3) is 0 Å². The molecule has 2 aromatic rings. The highest BCUT2D eigenvalue weighted by Crippen LogP contribution is 2.55. The standard InChI is InChI=1S/C22H18F8O5/c1-10-15(13-8-9-14(23)16(24)17(13)32-3)19(35-20(10,2)21(25,26)27)33-18(31)11-4-6-12(7-5-11)34-22(28,29)30/h4-10,15,19H,1-3H3/t10-,15-,19+,20+/m0/s1. The number of halogens is 8. The predicted molar refractivity (Wildman–Crippen MR) is 103 cm³/mol. The number of benzene rings is 2. The Balaban J connectivity index is 1.97. The Labute approximate surface area is 193 Å². The van der Waals surface area contributed by atoms with E-state index >= 15 is 0 Å². The summed E-state index contributed by atoms with van der Waals surface area (Å²) in [5.41, 5.74) is -3.42. The third kappa shape index (κ3) is 5.14. The van der Waals surface area contributed by atoms with Crippen molar-refractivity contribution in [1.82, 2.24) is 0 Å². The fourth-order valence-corrected chi connectivity index (χ4v) is 3.82. The summed E-state index contributed by atoms with van der Waals surface area (Å²) in [6.07, 6.45) is -11.9. The quantitative estimate of drug-likeness (QED) is 0.355. The summed E-state index contributed by atoms with van der Waals surface area (Å²) < 4.78 is 125. The van der Waals surface area contributed by atoms with Crippen LogP contribution in [0.3, 0.4) is 0 Å². The third-order valence-electron chi connectivity index (χ3n) is 5.82. The Morgan fingerprint density at radius 1 is 1.00 bits per heavy atom. The Hall–Kier alpha value is -3.09. The second-order valence-corrected chi connectivity index (χ2v) is 7.87. The van der Waals surface area contributed by atoms with Crippen molar-refractivity contribution in [3.05, 3.63) is 59.2 Å². The maximum absolute atomic E-state index is 14.3. The monoisotopic (exact) mass is 514 g/mol. The van der Waals surface area contributed by atoms with Crippen LogP contribution >= 0.6 is 0 Å². The molecule has 0 aliphatic carbocycles. The summed E-state index contributed by atoms with van der Waals surface area (Å²) in [6, 6.07) is 5.08. The van der Waals surface area contributed by atoms with E-state index in [4.69, 9.17) is 14.2 Å². The summed E-state index contributed by atoms with van der Waals surface area (Å²) >= 11 is 0. The van der Waals surface area contributed by atoms with Crippen molar-refractivity contribution in [3.63, 3.8) is 0 Å². The molecule has 0 unspecified atom stereocenters. The molecule has 1 saturated heterocycles. The van der Waals surface area contributed by atoms with Gasteiger partial charge in [-0.1, -0.05) is 13.0 Å². The van der Waals surface area contributed by atoms with Gasteiger partial charge in [0.1, 0.15) is 5.75 Å². The van der Waals surface area contributed by atoms with Crippen molar-refractivity contribution in [2.24, 2.45) is 5.92 Å². The summed E-state index contributed by atoms with van der Waals surface area (Å²) in [6.45, 7) is 1.85. The van der Waals surface area contributed by atoms with Gasteiger partial charge in [-0.15, -0.1) is 13.2 Å². The second-order valence-electron chi connectivity index (χ2n) is 7.87. The third-order valence-corrected chi connectivity index (χ3v) is 5.82. The number of esters is 1. The number of methoxy groups -OCH3 is 1. The van der Waals surface area contributed by atoms with Crippen LogP contribution < -0.4 is 9.47 Å². The minimum absolute atomic E-state index is 0.237. The van der Waals surface area contributed by atoms with E-state index in [1.165, 1.54) is 0 Å².